The summed E-state index contributed by atoms with van der Waals surface area (Å²) in [5.41, 5.74) is 1.54. The molecule has 11 heavy (non-hydrogen) atoms. The van der Waals surface area contributed by atoms with E-state index in [2.05, 4.69) is 5.32 Å². The highest BCUT2D eigenvalue weighted by Gasteiger charge is 2.09. The van der Waals surface area contributed by atoms with E-state index >= 15 is 0 Å². The second-order valence-electron chi connectivity index (χ2n) is 2.44. The molecule has 2 heteroatoms. The predicted octanol–water partition coefficient (Wildman–Crippen LogP) is 2.09. The predicted molar refractivity (Wildman–Crippen MR) is 42.3 cm³/mol. The Morgan fingerprint density at radius 2 is 2.27 bits per heavy atom. The molecule has 0 saturated carbocycles. The van der Waals surface area contributed by atoms with Crippen LogP contribution >= 0.6 is 0 Å². The Morgan fingerprint density at radius 3 is 3.09 bits per heavy atom. The lowest BCUT2D eigenvalue weighted by atomic mass is 10.1. The standard InChI is InChI=1S/C9H7NO/c11-8-5-1-3-7-4-2-6-10-9(7)8/h1-5H,6H2. The maximum absolute atomic E-state index is 11.1. The van der Waals surface area contributed by atoms with Crippen LogP contribution in [-0.4, -0.2) is 6.54 Å². The molecule has 0 aliphatic carbocycles. The Kier molecular flexibility index (Phi) is 1.32. The van der Waals surface area contributed by atoms with Crippen molar-refractivity contribution in [3.8, 4) is 5.75 Å². The number of rotatable bonds is 0. The van der Waals surface area contributed by atoms with Gasteiger partial charge in [-0.3, -0.25) is 10.4 Å². The zero-order chi connectivity index (χ0) is 7.68. The van der Waals surface area contributed by atoms with E-state index in [0.717, 1.165) is 5.56 Å². The van der Waals surface area contributed by atoms with Crippen LogP contribution in [0, 0.1) is 0 Å². The average molecular weight is 145 g/mol. The zero-order valence-corrected chi connectivity index (χ0v) is 5.95. The van der Waals surface area contributed by atoms with E-state index in [9.17, 15) is 5.11 Å². The molecule has 0 spiro atoms. The highest BCUT2D eigenvalue weighted by atomic mass is 16.3. The highest BCUT2D eigenvalue weighted by molar-refractivity contribution is 5.70. The Hall–Kier alpha value is -1.44. The summed E-state index contributed by atoms with van der Waals surface area (Å²) in [6.07, 6.45) is 3.88. The third-order valence-corrected chi connectivity index (χ3v) is 1.68. The normalized spacial score (nSPS) is 13.8. The molecule has 0 amide bonds. The lowest BCUT2D eigenvalue weighted by Crippen LogP contribution is -2.02. The number of benzene rings is 1. The molecular weight excluding hydrogens is 138 g/mol. The molecule has 1 heterocycles. The largest absolute Gasteiger partial charge is 0.288 e. The second-order valence-corrected chi connectivity index (χ2v) is 2.44. The smallest absolute Gasteiger partial charge is 0.204 e. The first kappa shape index (κ1) is 6.28. The van der Waals surface area contributed by atoms with Crippen LogP contribution in [0.4, 0.5) is 5.69 Å². The Labute approximate surface area is 65.2 Å². The van der Waals surface area contributed by atoms with Gasteiger partial charge in [0.2, 0.25) is 5.75 Å². The van der Waals surface area contributed by atoms with Gasteiger partial charge in [0.1, 0.15) is 5.69 Å². The van der Waals surface area contributed by atoms with Crippen molar-refractivity contribution in [1.82, 2.24) is 5.32 Å². The maximum atomic E-state index is 11.1. The van der Waals surface area contributed by atoms with Crippen LogP contribution in [0.5, 0.6) is 5.75 Å². The third kappa shape index (κ3) is 0.963. The quantitative estimate of drug-likeness (QED) is 0.535. The van der Waals surface area contributed by atoms with Crippen molar-refractivity contribution in [2.45, 2.75) is 0 Å². The summed E-state index contributed by atoms with van der Waals surface area (Å²) >= 11 is 0. The van der Waals surface area contributed by atoms with Crippen molar-refractivity contribution in [3.63, 3.8) is 0 Å². The van der Waals surface area contributed by atoms with Crippen molar-refractivity contribution in [3.05, 3.63) is 29.8 Å². The lowest BCUT2D eigenvalue weighted by Gasteiger charge is -2.09. The zero-order valence-electron chi connectivity index (χ0n) is 5.95. The topological polar surface area (TPSA) is 34.0 Å². The fourth-order valence-corrected chi connectivity index (χ4v) is 1.17. The van der Waals surface area contributed by atoms with Crippen LogP contribution < -0.4 is 5.32 Å². The first-order valence-corrected chi connectivity index (χ1v) is 3.52. The van der Waals surface area contributed by atoms with Gasteiger partial charge in [-0.2, -0.15) is 0 Å². The molecule has 1 aromatic rings. The Bertz CT molecular complexity index is 304. The van der Waals surface area contributed by atoms with Crippen LogP contribution in [0.1, 0.15) is 5.56 Å². The van der Waals surface area contributed by atoms with Gasteiger partial charge in [0, 0.05) is 5.56 Å². The summed E-state index contributed by atoms with van der Waals surface area (Å²) in [5.74, 6) is 0.0202. The summed E-state index contributed by atoms with van der Waals surface area (Å²) in [6.45, 7) is 0.631. The van der Waals surface area contributed by atoms with Crippen LogP contribution in [0.15, 0.2) is 24.3 Å². The van der Waals surface area contributed by atoms with Crippen molar-refractivity contribution >= 4 is 11.8 Å². The number of fused-ring (bicyclic) bond motifs is 1. The molecule has 54 valence electrons. The molecule has 0 atom stereocenters. The molecule has 2 rings (SSSR count). The SMILES string of the molecule is [O]c1cccc2c1[N]CC=C2. The molecule has 0 saturated heterocycles. The summed E-state index contributed by atoms with van der Waals surface area (Å²) < 4.78 is 0. The van der Waals surface area contributed by atoms with E-state index in [1.807, 2.05) is 18.2 Å². The van der Waals surface area contributed by atoms with Gasteiger partial charge in [0.15, 0.2) is 0 Å². The number of para-hydroxylation sites is 1. The van der Waals surface area contributed by atoms with E-state index in [-0.39, 0.29) is 5.75 Å². The molecule has 1 aliphatic heterocycles. The van der Waals surface area contributed by atoms with Gasteiger partial charge >= 0.3 is 0 Å². The second kappa shape index (κ2) is 2.31. The first-order valence-electron chi connectivity index (χ1n) is 3.52. The van der Waals surface area contributed by atoms with Gasteiger partial charge in [0.25, 0.3) is 0 Å². The minimum atomic E-state index is 0.0202. The van der Waals surface area contributed by atoms with Crippen LogP contribution in [-0.2, 0) is 5.11 Å². The van der Waals surface area contributed by atoms with Crippen LogP contribution in [0.3, 0.4) is 0 Å². The fourth-order valence-electron chi connectivity index (χ4n) is 1.17. The Morgan fingerprint density at radius 1 is 1.36 bits per heavy atom. The molecule has 0 aromatic heterocycles. The number of hydrogen-bond acceptors (Lipinski definition) is 0. The van der Waals surface area contributed by atoms with Crippen molar-refractivity contribution in [2.24, 2.45) is 0 Å². The molecule has 2 nitrogen and oxygen atoms in total. The van der Waals surface area contributed by atoms with Gasteiger partial charge in [0.05, 0.1) is 6.54 Å². The Balaban J connectivity index is 2.60. The molecule has 1 aromatic carbocycles. The minimum absolute atomic E-state index is 0.0202. The van der Waals surface area contributed by atoms with Gasteiger partial charge in [-0.1, -0.05) is 24.3 Å². The molecule has 0 fully saturated rings. The molecule has 0 N–H and O–H groups in total. The minimum Gasteiger partial charge on any atom is -0.288 e. The van der Waals surface area contributed by atoms with Gasteiger partial charge in [-0.15, -0.1) is 0 Å². The highest BCUT2D eigenvalue weighted by Crippen LogP contribution is 2.30. The maximum Gasteiger partial charge on any atom is 0.204 e. The molecule has 0 bridgehead atoms. The van der Waals surface area contributed by atoms with Crippen LogP contribution in [0.25, 0.3) is 6.08 Å². The fraction of sp³-hybridized carbons (Fsp3) is 0.111. The lowest BCUT2D eigenvalue weighted by molar-refractivity contribution is 0.354. The van der Waals surface area contributed by atoms with Crippen LogP contribution in [0.2, 0.25) is 0 Å². The summed E-state index contributed by atoms with van der Waals surface area (Å²) in [7, 11) is 0. The van der Waals surface area contributed by atoms with E-state index in [0.29, 0.717) is 12.2 Å². The third-order valence-electron chi connectivity index (χ3n) is 1.68. The van der Waals surface area contributed by atoms with Crippen molar-refractivity contribution in [2.75, 3.05) is 6.54 Å². The monoisotopic (exact) mass is 145 g/mol. The molecule has 2 radical (unpaired) electrons. The summed E-state index contributed by atoms with van der Waals surface area (Å²) in [4.78, 5) is 0. The number of nitrogens with zero attached hydrogens (tertiary/aromatic N) is 1. The van der Waals surface area contributed by atoms with E-state index in [4.69, 9.17) is 0 Å². The van der Waals surface area contributed by atoms with E-state index in [1.54, 1.807) is 12.1 Å². The van der Waals surface area contributed by atoms with Crippen molar-refractivity contribution in [1.29, 1.82) is 0 Å². The summed E-state index contributed by atoms with van der Waals surface area (Å²) in [6, 6.07) is 5.20. The molecule has 0 unspecified atom stereocenters. The molecule has 1 aliphatic rings. The van der Waals surface area contributed by atoms with E-state index in [1.165, 1.54) is 0 Å². The van der Waals surface area contributed by atoms with Gasteiger partial charge < -0.3 is 0 Å². The first-order chi connectivity index (χ1) is 5.38. The van der Waals surface area contributed by atoms with Gasteiger partial charge in [-0.05, 0) is 6.07 Å². The number of hydrogen-bond donors (Lipinski definition) is 0. The van der Waals surface area contributed by atoms with Gasteiger partial charge in [-0.25, -0.2) is 0 Å². The van der Waals surface area contributed by atoms with E-state index < -0.39 is 0 Å². The van der Waals surface area contributed by atoms with Crippen molar-refractivity contribution < 1.29 is 5.11 Å². The summed E-state index contributed by atoms with van der Waals surface area (Å²) in [5, 5.41) is 15.2. The average Bonchev–Trinajstić information content (AvgIpc) is 2.06. The molecular formula is C9H7NO.